The second-order valence-corrected chi connectivity index (χ2v) is 6.03. The zero-order valence-electron chi connectivity index (χ0n) is 13.6. The molecule has 0 bridgehead atoms. The molecule has 1 aliphatic heterocycles. The van der Waals surface area contributed by atoms with Crippen molar-refractivity contribution in [3.05, 3.63) is 47.7 Å². The number of aryl methyl sites for hydroxylation is 1. The molecule has 3 aromatic heterocycles. The molecule has 1 saturated heterocycles. The number of hydrogen-bond donors (Lipinski definition) is 0. The number of piperidine rings is 1. The molecular formula is C17H19N5O2. The maximum Gasteiger partial charge on any atom is 0.276 e. The van der Waals surface area contributed by atoms with E-state index in [4.69, 9.17) is 4.52 Å². The van der Waals surface area contributed by atoms with Crippen molar-refractivity contribution in [1.29, 1.82) is 0 Å². The standard InChI is InChI=1S/C17H19N5O2/c1-2-12-11-14(20-24-12)17(23)21-9-4-3-5-15(21)13-7-10-22-16(19-13)6-8-18-22/h6-8,10-11,15H,2-5,9H2,1H3/t15-/m0/s1. The lowest BCUT2D eigenvalue weighted by molar-refractivity contribution is 0.0595. The van der Waals surface area contributed by atoms with Crippen molar-refractivity contribution in [1.82, 2.24) is 24.7 Å². The molecule has 1 fully saturated rings. The molecule has 124 valence electrons. The van der Waals surface area contributed by atoms with E-state index in [1.807, 2.05) is 30.2 Å². The number of carbonyl (C=O) groups is 1. The molecule has 7 heteroatoms. The van der Waals surface area contributed by atoms with Gasteiger partial charge < -0.3 is 9.42 Å². The van der Waals surface area contributed by atoms with Gasteiger partial charge in [0.25, 0.3) is 5.91 Å². The lowest BCUT2D eigenvalue weighted by Gasteiger charge is -2.34. The Kier molecular flexibility index (Phi) is 3.76. The van der Waals surface area contributed by atoms with Gasteiger partial charge >= 0.3 is 0 Å². The number of fused-ring (bicyclic) bond motifs is 1. The molecule has 1 amide bonds. The molecule has 0 N–H and O–H groups in total. The van der Waals surface area contributed by atoms with Crippen LogP contribution >= 0.6 is 0 Å². The maximum atomic E-state index is 12.9. The molecule has 7 nitrogen and oxygen atoms in total. The van der Waals surface area contributed by atoms with Crippen LogP contribution in [0.1, 0.15) is 54.2 Å². The molecule has 0 aromatic carbocycles. The van der Waals surface area contributed by atoms with Gasteiger partial charge in [-0.3, -0.25) is 4.79 Å². The van der Waals surface area contributed by atoms with Crippen molar-refractivity contribution in [3.63, 3.8) is 0 Å². The van der Waals surface area contributed by atoms with Gasteiger partial charge in [-0.1, -0.05) is 12.1 Å². The Morgan fingerprint density at radius 1 is 1.38 bits per heavy atom. The van der Waals surface area contributed by atoms with Crippen LogP contribution < -0.4 is 0 Å². The highest BCUT2D eigenvalue weighted by atomic mass is 16.5. The van der Waals surface area contributed by atoms with Gasteiger partial charge in [0.1, 0.15) is 5.76 Å². The molecule has 3 aromatic rings. The van der Waals surface area contributed by atoms with E-state index < -0.39 is 0 Å². The van der Waals surface area contributed by atoms with Crippen LogP contribution in [0.3, 0.4) is 0 Å². The molecule has 24 heavy (non-hydrogen) atoms. The Labute approximate surface area is 139 Å². The highest BCUT2D eigenvalue weighted by molar-refractivity contribution is 5.92. The molecule has 4 heterocycles. The third-order valence-electron chi connectivity index (χ3n) is 4.51. The summed E-state index contributed by atoms with van der Waals surface area (Å²) in [5, 5.41) is 8.10. The lowest BCUT2D eigenvalue weighted by Crippen LogP contribution is -2.39. The molecule has 0 unspecified atom stereocenters. The Hall–Kier alpha value is -2.70. The minimum Gasteiger partial charge on any atom is -0.361 e. The summed E-state index contributed by atoms with van der Waals surface area (Å²) in [7, 11) is 0. The van der Waals surface area contributed by atoms with E-state index in [-0.39, 0.29) is 11.9 Å². The van der Waals surface area contributed by atoms with E-state index in [2.05, 4.69) is 15.2 Å². The summed E-state index contributed by atoms with van der Waals surface area (Å²) in [6.45, 7) is 2.69. The molecule has 0 aliphatic carbocycles. The first-order valence-corrected chi connectivity index (χ1v) is 8.33. The largest absolute Gasteiger partial charge is 0.361 e. The highest BCUT2D eigenvalue weighted by Crippen LogP contribution is 2.31. The van der Waals surface area contributed by atoms with Crippen LogP contribution in [0.2, 0.25) is 0 Å². The van der Waals surface area contributed by atoms with Gasteiger partial charge in [0.2, 0.25) is 0 Å². The van der Waals surface area contributed by atoms with Gasteiger partial charge in [-0.05, 0) is 25.3 Å². The predicted molar refractivity (Wildman–Crippen MR) is 86.5 cm³/mol. The minimum atomic E-state index is -0.0849. The van der Waals surface area contributed by atoms with E-state index in [9.17, 15) is 4.79 Å². The summed E-state index contributed by atoms with van der Waals surface area (Å²) in [6, 6.07) is 5.51. The summed E-state index contributed by atoms with van der Waals surface area (Å²) in [5.41, 5.74) is 2.07. The summed E-state index contributed by atoms with van der Waals surface area (Å²) >= 11 is 0. The second kappa shape index (κ2) is 6.07. The Morgan fingerprint density at radius 3 is 3.12 bits per heavy atom. The summed E-state index contributed by atoms with van der Waals surface area (Å²) in [4.78, 5) is 19.4. The van der Waals surface area contributed by atoms with Crippen molar-refractivity contribution in [3.8, 4) is 0 Å². The quantitative estimate of drug-likeness (QED) is 0.740. The van der Waals surface area contributed by atoms with Gasteiger partial charge in [0.05, 0.1) is 17.9 Å². The monoisotopic (exact) mass is 325 g/mol. The van der Waals surface area contributed by atoms with Crippen molar-refractivity contribution in [2.75, 3.05) is 6.54 Å². The van der Waals surface area contributed by atoms with Crippen LogP contribution in [-0.2, 0) is 6.42 Å². The Morgan fingerprint density at radius 2 is 2.29 bits per heavy atom. The van der Waals surface area contributed by atoms with E-state index in [1.165, 1.54) is 0 Å². The van der Waals surface area contributed by atoms with Crippen molar-refractivity contribution < 1.29 is 9.32 Å². The van der Waals surface area contributed by atoms with Gasteiger partial charge in [0.15, 0.2) is 11.3 Å². The lowest BCUT2D eigenvalue weighted by atomic mass is 9.98. The van der Waals surface area contributed by atoms with Crippen LogP contribution in [0, 0.1) is 0 Å². The highest BCUT2D eigenvalue weighted by Gasteiger charge is 2.31. The summed E-state index contributed by atoms with van der Waals surface area (Å²) in [5.74, 6) is 0.643. The topological polar surface area (TPSA) is 76.5 Å². The first-order valence-electron chi connectivity index (χ1n) is 8.33. The molecule has 0 spiro atoms. The normalized spacial score (nSPS) is 18.2. The van der Waals surface area contributed by atoms with Crippen LogP contribution in [0.25, 0.3) is 5.65 Å². The Balaban J connectivity index is 1.65. The van der Waals surface area contributed by atoms with Gasteiger partial charge in [-0.25, -0.2) is 9.50 Å². The number of likely N-dealkylation sites (tertiary alicyclic amines) is 1. The molecule has 1 atom stereocenters. The summed E-state index contributed by atoms with van der Waals surface area (Å²) < 4.78 is 6.92. The predicted octanol–water partition coefficient (Wildman–Crippen LogP) is 2.65. The summed E-state index contributed by atoms with van der Waals surface area (Å²) in [6.07, 6.45) is 7.32. The molecule has 0 saturated carbocycles. The fourth-order valence-electron chi connectivity index (χ4n) is 3.22. The van der Waals surface area contributed by atoms with Crippen LogP contribution in [-0.4, -0.2) is 37.1 Å². The fraction of sp³-hybridized carbons (Fsp3) is 0.412. The van der Waals surface area contributed by atoms with Crippen LogP contribution in [0.15, 0.2) is 35.1 Å². The van der Waals surface area contributed by atoms with E-state index in [0.29, 0.717) is 12.2 Å². The van der Waals surface area contributed by atoms with Crippen LogP contribution in [0.4, 0.5) is 0 Å². The SMILES string of the molecule is CCc1cc(C(=O)N2CCCC[C@H]2c2ccn3nccc3n2)no1. The van der Waals surface area contributed by atoms with Crippen LogP contribution in [0.5, 0.6) is 0 Å². The van der Waals surface area contributed by atoms with E-state index in [0.717, 1.165) is 42.8 Å². The Bertz CT molecular complexity index is 869. The van der Waals surface area contributed by atoms with Crippen molar-refractivity contribution in [2.24, 2.45) is 0 Å². The maximum absolute atomic E-state index is 12.9. The van der Waals surface area contributed by atoms with E-state index in [1.54, 1.807) is 16.8 Å². The van der Waals surface area contributed by atoms with Crippen molar-refractivity contribution in [2.45, 2.75) is 38.6 Å². The number of rotatable bonds is 3. The number of amides is 1. The average Bonchev–Trinajstić information content (AvgIpc) is 3.29. The third-order valence-corrected chi connectivity index (χ3v) is 4.51. The number of carbonyl (C=O) groups excluding carboxylic acids is 1. The van der Waals surface area contributed by atoms with Crippen molar-refractivity contribution >= 4 is 11.6 Å². The number of nitrogens with zero attached hydrogens (tertiary/aromatic N) is 5. The number of hydrogen-bond acceptors (Lipinski definition) is 5. The molecule has 0 radical (unpaired) electrons. The molecule has 4 rings (SSSR count). The number of aromatic nitrogens is 4. The average molecular weight is 325 g/mol. The zero-order valence-corrected chi connectivity index (χ0v) is 13.6. The molecular weight excluding hydrogens is 306 g/mol. The molecule has 1 aliphatic rings. The first kappa shape index (κ1) is 14.9. The zero-order chi connectivity index (χ0) is 16.5. The second-order valence-electron chi connectivity index (χ2n) is 6.03. The van der Waals surface area contributed by atoms with E-state index >= 15 is 0 Å². The third kappa shape index (κ3) is 2.55. The van der Waals surface area contributed by atoms with Gasteiger partial charge in [-0.2, -0.15) is 5.10 Å². The fourth-order valence-corrected chi connectivity index (χ4v) is 3.22. The smallest absolute Gasteiger partial charge is 0.276 e. The minimum absolute atomic E-state index is 0.0343. The van der Waals surface area contributed by atoms with Gasteiger partial charge in [-0.15, -0.1) is 0 Å². The first-order chi connectivity index (χ1) is 11.8. The van der Waals surface area contributed by atoms with Gasteiger partial charge in [0, 0.05) is 31.3 Å².